The van der Waals surface area contributed by atoms with Crippen LogP contribution in [0.5, 0.6) is 5.75 Å². The number of rotatable bonds is 10. The predicted octanol–water partition coefficient (Wildman–Crippen LogP) is 5.42. The number of ether oxygens (including phenoxy) is 1. The van der Waals surface area contributed by atoms with E-state index >= 15 is 0 Å². The summed E-state index contributed by atoms with van der Waals surface area (Å²) in [6, 6.07) is 18.8. The summed E-state index contributed by atoms with van der Waals surface area (Å²) in [6.45, 7) is 11.7. The minimum Gasteiger partial charge on any atom is -0.490 e. The Hall–Kier alpha value is -2.32. The fraction of sp³-hybridized carbons (Fsp3) is 0.304. The van der Waals surface area contributed by atoms with Crippen molar-refractivity contribution >= 4 is 6.08 Å². The maximum Gasteiger partial charge on any atom is 0.119 e. The summed E-state index contributed by atoms with van der Waals surface area (Å²) < 4.78 is 5.55. The molecule has 0 aliphatic carbocycles. The molecule has 2 nitrogen and oxygen atoms in total. The lowest BCUT2D eigenvalue weighted by molar-refractivity contribution is 0.261. The second kappa shape index (κ2) is 10.5. The minimum absolute atomic E-state index is 0.545. The van der Waals surface area contributed by atoms with Gasteiger partial charge in [0.05, 0.1) is 0 Å². The molecule has 0 aliphatic rings. The van der Waals surface area contributed by atoms with Crippen LogP contribution in [0.2, 0.25) is 0 Å². The van der Waals surface area contributed by atoms with Crippen LogP contribution in [0.15, 0.2) is 73.3 Å². The van der Waals surface area contributed by atoms with Gasteiger partial charge in [0.25, 0.3) is 0 Å². The molecular formula is C23H29NO. The van der Waals surface area contributed by atoms with Crippen LogP contribution in [0.1, 0.15) is 25.0 Å². The Morgan fingerprint density at radius 3 is 2.40 bits per heavy atom. The summed E-state index contributed by atoms with van der Waals surface area (Å²) in [6.07, 6.45) is 6.20. The molecule has 0 N–H and O–H groups in total. The lowest BCUT2D eigenvalue weighted by Crippen LogP contribution is -2.27. The lowest BCUT2D eigenvalue weighted by Gasteiger charge is -2.23. The fourth-order valence-corrected chi connectivity index (χ4v) is 2.73. The normalized spacial score (nSPS) is 11.4. The Morgan fingerprint density at radius 1 is 1.04 bits per heavy atom. The molecule has 0 bridgehead atoms. The first-order valence-corrected chi connectivity index (χ1v) is 8.94. The van der Waals surface area contributed by atoms with Gasteiger partial charge in [-0.05, 0) is 29.2 Å². The maximum absolute atomic E-state index is 5.55. The van der Waals surface area contributed by atoms with E-state index in [9.17, 15) is 0 Å². The Morgan fingerprint density at radius 2 is 1.76 bits per heavy atom. The topological polar surface area (TPSA) is 12.5 Å². The molecule has 2 rings (SSSR count). The minimum atomic E-state index is 0.545. The van der Waals surface area contributed by atoms with Gasteiger partial charge in [-0.15, -0.1) is 0 Å². The van der Waals surface area contributed by atoms with Crippen LogP contribution in [-0.2, 0) is 6.54 Å². The number of hydrogen-bond donors (Lipinski definition) is 0. The molecule has 0 aromatic heterocycles. The average molecular weight is 335 g/mol. The molecule has 2 aromatic carbocycles. The lowest BCUT2D eigenvalue weighted by atomic mass is 10.1. The van der Waals surface area contributed by atoms with Gasteiger partial charge in [-0.1, -0.05) is 81.1 Å². The maximum atomic E-state index is 5.55. The van der Waals surface area contributed by atoms with Crippen LogP contribution in [0.4, 0.5) is 0 Å². The van der Waals surface area contributed by atoms with Gasteiger partial charge in [0.2, 0.25) is 0 Å². The Labute approximate surface area is 152 Å². The van der Waals surface area contributed by atoms with E-state index in [4.69, 9.17) is 4.74 Å². The zero-order chi connectivity index (χ0) is 17.9. The third-order valence-corrected chi connectivity index (χ3v) is 3.79. The summed E-state index contributed by atoms with van der Waals surface area (Å²) in [4.78, 5) is 2.48. The highest BCUT2D eigenvalue weighted by Crippen LogP contribution is 2.15. The molecule has 25 heavy (non-hydrogen) atoms. The SMILES string of the molecule is C=CCOc1ccc(CN(CC=Cc2ccccc2)CC(C)C)cc1. The van der Waals surface area contributed by atoms with Crippen LogP contribution >= 0.6 is 0 Å². The highest BCUT2D eigenvalue weighted by molar-refractivity contribution is 5.48. The largest absolute Gasteiger partial charge is 0.490 e. The molecule has 2 heteroatoms. The zero-order valence-corrected chi connectivity index (χ0v) is 15.4. The molecule has 0 heterocycles. The monoisotopic (exact) mass is 335 g/mol. The Kier molecular flexibility index (Phi) is 8.00. The van der Waals surface area contributed by atoms with Gasteiger partial charge < -0.3 is 4.74 Å². The van der Waals surface area contributed by atoms with E-state index in [1.54, 1.807) is 6.08 Å². The summed E-state index contributed by atoms with van der Waals surface area (Å²) >= 11 is 0. The van der Waals surface area contributed by atoms with Crippen LogP contribution in [0.25, 0.3) is 6.08 Å². The van der Waals surface area contributed by atoms with E-state index in [1.165, 1.54) is 11.1 Å². The van der Waals surface area contributed by atoms with Crippen molar-refractivity contribution in [2.75, 3.05) is 19.7 Å². The van der Waals surface area contributed by atoms with Crippen molar-refractivity contribution in [2.45, 2.75) is 20.4 Å². The quantitative estimate of drug-likeness (QED) is 0.537. The predicted molar refractivity (Wildman–Crippen MR) is 108 cm³/mol. The first kappa shape index (κ1) is 19.0. The molecule has 0 spiro atoms. The molecule has 0 amide bonds. The van der Waals surface area contributed by atoms with Gasteiger partial charge in [-0.2, -0.15) is 0 Å². The Bertz CT molecular complexity index is 644. The number of benzene rings is 2. The third-order valence-electron chi connectivity index (χ3n) is 3.79. The van der Waals surface area contributed by atoms with E-state index in [0.717, 1.165) is 25.4 Å². The van der Waals surface area contributed by atoms with Crippen molar-refractivity contribution in [2.24, 2.45) is 5.92 Å². The van der Waals surface area contributed by atoms with Crippen molar-refractivity contribution in [1.82, 2.24) is 4.90 Å². The molecule has 0 aliphatic heterocycles. The summed E-state index contributed by atoms with van der Waals surface area (Å²) in [5, 5.41) is 0. The first-order chi connectivity index (χ1) is 12.2. The van der Waals surface area contributed by atoms with E-state index in [2.05, 4.69) is 73.9 Å². The van der Waals surface area contributed by atoms with Crippen molar-refractivity contribution in [3.05, 3.63) is 84.5 Å². The molecule has 2 aromatic rings. The van der Waals surface area contributed by atoms with E-state index in [0.29, 0.717) is 12.5 Å². The van der Waals surface area contributed by atoms with Crippen LogP contribution < -0.4 is 4.74 Å². The van der Waals surface area contributed by atoms with Crippen molar-refractivity contribution < 1.29 is 4.74 Å². The molecule has 0 radical (unpaired) electrons. The smallest absolute Gasteiger partial charge is 0.119 e. The molecule has 0 saturated carbocycles. The number of nitrogens with zero attached hydrogens (tertiary/aromatic N) is 1. The standard InChI is InChI=1S/C23H29NO/c1-4-17-25-23-14-12-22(13-15-23)19-24(18-20(2)3)16-8-11-21-9-6-5-7-10-21/h4-15,20H,1,16-19H2,2-3H3. The van der Waals surface area contributed by atoms with Gasteiger partial charge >= 0.3 is 0 Å². The zero-order valence-electron chi connectivity index (χ0n) is 15.4. The molecule has 0 saturated heterocycles. The van der Waals surface area contributed by atoms with Gasteiger partial charge in [0.15, 0.2) is 0 Å². The molecule has 0 atom stereocenters. The van der Waals surface area contributed by atoms with Gasteiger partial charge in [-0.3, -0.25) is 4.90 Å². The molecular weight excluding hydrogens is 306 g/mol. The second-order valence-electron chi connectivity index (χ2n) is 6.64. The molecule has 0 unspecified atom stereocenters. The summed E-state index contributed by atoms with van der Waals surface area (Å²) in [5.74, 6) is 1.53. The highest BCUT2D eigenvalue weighted by Gasteiger charge is 2.07. The van der Waals surface area contributed by atoms with Gasteiger partial charge in [0.1, 0.15) is 12.4 Å². The van der Waals surface area contributed by atoms with Crippen molar-refractivity contribution in [1.29, 1.82) is 0 Å². The van der Waals surface area contributed by atoms with E-state index < -0.39 is 0 Å². The average Bonchev–Trinajstić information content (AvgIpc) is 2.61. The highest BCUT2D eigenvalue weighted by atomic mass is 16.5. The third kappa shape index (κ3) is 7.40. The van der Waals surface area contributed by atoms with Crippen LogP contribution in [-0.4, -0.2) is 24.6 Å². The van der Waals surface area contributed by atoms with Crippen LogP contribution in [0.3, 0.4) is 0 Å². The summed E-state index contributed by atoms with van der Waals surface area (Å²) in [5.41, 5.74) is 2.55. The molecule has 0 fully saturated rings. The van der Waals surface area contributed by atoms with Crippen LogP contribution in [0, 0.1) is 5.92 Å². The van der Waals surface area contributed by atoms with Gasteiger partial charge in [0, 0.05) is 19.6 Å². The van der Waals surface area contributed by atoms with E-state index in [-0.39, 0.29) is 0 Å². The first-order valence-electron chi connectivity index (χ1n) is 8.94. The second-order valence-corrected chi connectivity index (χ2v) is 6.64. The molecule has 132 valence electrons. The fourth-order valence-electron chi connectivity index (χ4n) is 2.73. The van der Waals surface area contributed by atoms with Crippen molar-refractivity contribution in [3.8, 4) is 5.75 Å². The Balaban J connectivity index is 1.94. The van der Waals surface area contributed by atoms with Crippen molar-refractivity contribution in [3.63, 3.8) is 0 Å². The van der Waals surface area contributed by atoms with E-state index in [1.807, 2.05) is 18.2 Å². The number of hydrogen-bond acceptors (Lipinski definition) is 2. The summed E-state index contributed by atoms with van der Waals surface area (Å²) in [7, 11) is 0. The van der Waals surface area contributed by atoms with Gasteiger partial charge in [-0.25, -0.2) is 0 Å².